The number of hydrogen-bond acceptors (Lipinski definition) is 4. The van der Waals surface area contributed by atoms with Crippen molar-refractivity contribution >= 4 is 5.97 Å². The number of phenolic OH excluding ortho intramolecular Hbond substituents is 1. The molecular weight excluding hydrogens is 256 g/mol. The number of phenols is 1. The van der Waals surface area contributed by atoms with Gasteiger partial charge in [0.1, 0.15) is 12.4 Å². The highest BCUT2D eigenvalue weighted by Gasteiger charge is 2.17. The van der Waals surface area contributed by atoms with Crippen LogP contribution in [0.1, 0.15) is 43.9 Å². The van der Waals surface area contributed by atoms with Crippen LogP contribution in [0.3, 0.4) is 0 Å². The van der Waals surface area contributed by atoms with Crippen molar-refractivity contribution in [3.8, 4) is 5.75 Å². The Balaban J connectivity index is 2.84. The molecule has 0 saturated heterocycles. The summed E-state index contributed by atoms with van der Waals surface area (Å²) in [6.45, 7) is 8.04. The third kappa shape index (κ3) is 4.53. The van der Waals surface area contributed by atoms with E-state index in [1.807, 2.05) is 19.1 Å². The third-order valence-electron chi connectivity index (χ3n) is 3.20. The Morgan fingerprint density at radius 2 is 1.95 bits per heavy atom. The SMILES string of the molecule is Cc1cc(C(C)(C)C)cc(CCC(=O)OCCO)c1O. The van der Waals surface area contributed by atoms with Crippen molar-refractivity contribution < 1.29 is 19.7 Å². The van der Waals surface area contributed by atoms with Gasteiger partial charge in [-0.2, -0.15) is 0 Å². The van der Waals surface area contributed by atoms with Gasteiger partial charge in [0.25, 0.3) is 0 Å². The molecule has 20 heavy (non-hydrogen) atoms. The fourth-order valence-corrected chi connectivity index (χ4v) is 1.94. The van der Waals surface area contributed by atoms with Crippen molar-refractivity contribution in [2.75, 3.05) is 13.2 Å². The molecule has 0 aliphatic heterocycles. The minimum atomic E-state index is -0.364. The van der Waals surface area contributed by atoms with E-state index < -0.39 is 0 Å². The zero-order chi connectivity index (χ0) is 15.3. The summed E-state index contributed by atoms with van der Waals surface area (Å²) in [7, 11) is 0. The predicted octanol–water partition coefficient (Wildman–Crippen LogP) is 2.47. The fourth-order valence-electron chi connectivity index (χ4n) is 1.94. The van der Waals surface area contributed by atoms with Gasteiger partial charge in [0, 0.05) is 6.42 Å². The molecule has 0 bridgehead atoms. The molecule has 0 spiro atoms. The number of carbonyl (C=O) groups excluding carboxylic acids is 1. The van der Waals surface area contributed by atoms with Crippen LogP contribution in [0.2, 0.25) is 0 Å². The molecule has 2 N–H and O–H groups in total. The monoisotopic (exact) mass is 280 g/mol. The van der Waals surface area contributed by atoms with Crippen molar-refractivity contribution in [2.24, 2.45) is 0 Å². The van der Waals surface area contributed by atoms with E-state index in [9.17, 15) is 9.90 Å². The first-order valence-corrected chi connectivity index (χ1v) is 6.85. The van der Waals surface area contributed by atoms with E-state index in [-0.39, 0.29) is 36.8 Å². The molecular formula is C16H24O4. The highest BCUT2D eigenvalue weighted by Crippen LogP contribution is 2.31. The predicted molar refractivity (Wildman–Crippen MR) is 77.9 cm³/mol. The summed E-state index contributed by atoms with van der Waals surface area (Å²) in [5.41, 5.74) is 2.70. The summed E-state index contributed by atoms with van der Waals surface area (Å²) in [5, 5.41) is 18.7. The Bertz CT molecular complexity index is 472. The van der Waals surface area contributed by atoms with E-state index >= 15 is 0 Å². The molecule has 0 heterocycles. The lowest BCUT2D eigenvalue weighted by atomic mass is 9.84. The highest BCUT2D eigenvalue weighted by molar-refractivity contribution is 5.70. The summed E-state index contributed by atoms with van der Waals surface area (Å²) < 4.78 is 4.81. The number of aryl methyl sites for hydroxylation is 2. The quantitative estimate of drug-likeness (QED) is 0.813. The van der Waals surface area contributed by atoms with Crippen LogP contribution in [0.15, 0.2) is 12.1 Å². The Hall–Kier alpha value is -1.55. The van der Waals surface area contributed by atoms with E-state index in [4.69, 9.17) is 9.84 Å². The Labute approximate surface area is 120 Å². The first kappa shape index (κ1) is 16.5. The lowest BCUT2D eigenvalue weighted by Gasteiger charge is -2.21. The van der Waals surface area contributed by atoms with Gasteiger partial charge in [-0.25, -0.2) is 0 Å². The van der Waals surface area contributed by atoms with Crippen LogP contribution in [-0.2, 0) is 21.4 Å². The summed E-state index contributed by atoms with van der Waals surface area (Å²) in [6.07, 6.45) is 0.626. The number of rotatable bonds is 5. The van der Waals surface area contributed by atoms with Gasteiger partial charge in [0.15, 0.2) is 0 Å². The minimum Gasteiger partial charge on any atom is -0.507 e. The van der Waals surface area contributed by atoms with Gasteiger partial charge in [-0.3, -0.25) is 4.79 Å². The Kier molecular flexibility index (Phi) is 5.57. The number of benzene rings is 1. The van der Waals surface area contributed by atoms with Gasteiger partial charge in [-0.15, -0.1) is 0 Å². The van der Waals surface area contributed by atoms with Crippen LogP contribution < -0.4 is 0 Å². The molecule has 112 valence electrons. The third-order valence-corrected chi connectivity index (χ3v) is 3.20. The van der Waals surface area contributed by atoms with Crippen molar-refractivity contribution in [2.45, 2.75) is 46.0 Å². The van der Waals surface area contributed by atoms with Crippen LogP contribution in [-0.4, -0.2) is 29.4 Å². The van der Waals surface area contributed by atoms with Crippen LogP contribution in [0, 0.1) is 6.92 Å². The molecule has 1 rings (SSSR count). The maximum atomic E-state index is 11.4. The minimum absolute atomic E-state index is 0.00932. The second-order valence-corrected chi connectivity index (χ2v) is 5.99. The van der Waals surface area contributed by atoms with Crippen molar-refractivity contribution in [3.63, 3.8) is 0 Å². The molecule has 0 amide bonds. The van der Waals surface area contributed by atoms with Gasteiger partial charge >= 0.3 is 5.97 Å². The highest BCUT2D eigenvalue weighted by atomic mass is 16.5. The summed E-state index contributed by atoms with van der Waals surface area (Å²) in [6, 6.07) is 3.92. The van der Waals surface area contributed by atoms with E-state index in [0.717, 1.165) is 16.7 Å². The number of carbonyl (C=O) groups is 1. The molecule has 0 unspecified atom stereocenters. The Morgan fingerprint density at radius 3 is 2.50 bits per heavy atom. The van der Waals surface area contributed by atoms with Gasteiger partial charge in [-0.05, 0) is 35.4 Å². The summed E-state index contributed by atoms with van der Waals surface area (Å²) in [4.78, 5) is 11.4. The molecule has 0 atom stereocenters. The normalized spacial score (nSPS) is 11.4. The second kappa shape index (κ2) is 6.75. The van der Waals surface area contributed by atoms with Gasteiger partial charge < -0.3 is 14.9 Å². The fraction of sp³-hybridized carbons (Fsp3) is 0.562. The average molecular weight is 280 g/mol. The molecule has 4 heteroatoms. The molecule has 1 aromatic carbocycles. The molecule has 0 fully saturated rings. The van der Waals surface area contributed by atoms with Gasteiger partial charge in [-0.1, -0.05) is 32.9 Å². The van der Waals surface area contributed by atoms with Crippen LogP contribution in [0.4, 0.5) is 0 Å². The smallest absolute Gasteiger partial charge is 0.306 e. The standard InChI is InChI=1S/C16H24O4/c1-11-9-13(16(2,3)4)10-12(15(11)19)5-6-14(18)20-8-7-17/h9-10,17,19H,5-8H2,1-4H3. The molecule has 0 saturated carbocycles. The first-order chi connectivity index (χ1) is 9.25. The molecule has 0 aliphatic rings. The zero-order valence-electron chi connectivity index (χ0n) is 12.7. The second-order valence-electron chi connectivity index (χ2n) is 5.99. The summed E-state index contributed by atoms with van der Waals surface area (Å²) >= 11 is 0. The number of aliphatic hydroxyl groups is 1. The lowest BCUT2D eigenvalue weighted by molar-refractivity contribution is -0.144. The number of aromatic hydroxyl groups is 1. The van der Waals surface area contributed by atoms with Crippen molar-refractivity contribution in [1.82, 2.24) is 0 Å². The average Bonchev–Trinajstić information content (AvgIpc) is 2.36. The maximum absolute atomic E-state index is 11.4. The number of ether oxygens (including phenoxy) is 1. The topological polar surface area (TPSA) is 66.8 Å². The first-order valence-electron chi connectivity index (χ1n) is 6.85. The zero-order valence-corrected chi connectivity index (χ0v) is 12.7. The number of esters is 1. The molecule has 0 aliphatic carbocycles. The van der Waals surface area contributed by atoms with E-state index in [2.05, 4.69) is 20.8 Å². The van der Waals surface area contributed by atoms with Gasteiger partial charge in [0.05, 0.1) is 6.61 Å². The van der Waals surface area contributed by atoms with Crippen molar-refractivity contribution in [1.29, 1.82) is 0 Å². The van der Waals surface area contributed by atoms with Gasteiger partial charge in [0.2, 0.25) is 0 Å². The van der Waals surface area contributed by atoms with E-state index in [1.165, 1.54) is 0 Å². The largest absolute Gasteiger partial charge is 0.507 e. The molecule has 0 aromatic heterocycles. The van der Waals surface area contributed by atoms with Crippen LogP contribution >= 0.6 is 0 Å². The van der Waals surface area contributed by atoms with Crippen LogP contribution in [0.5, 0.6) is 5.75 Å². The Morgan fingerprint density at radius 1 is 1.30 bits per heavy atom. The maximum Gasteiger partial charge on any atom is 0.306 e. The van der Waals surface area contributed by atoms with E-state index in [1.54, 1.807) is 0 Å². The van der Waals surface area contributed by atoms with E-state index in [0.29, 0.717) is 6.42 Å². The molecule has 1 aromatic rings. The molecule has 4 nitrogen and oxygen atoms in total. The van der Waals surface area contributed by atoms with Crippen LogP contribution in [0.25, 0.3) is 0 Å². The summed E-state index contributed by atoms with van der Waals surface area (Å²) in [5.74, 6) is -0.120. The number of aliphatic hydroxyl groups excluding tert-OH is 1. The lowest BCUT2D eigenvalue weighted by Crippen LogP contribution is -2.13. The van der Waals surface area contributed by atoms with Crippen molar-refractivity contribution in [3.05, 3.63) is 28.8 Å². The number of hydrogen-bond donors (Lipinski definition) is 2. The molecule has 0 radical (unpaired) electrons.